The Hall–Kier alpha value is -7.10. The van der Waals surface area contributed by atoms with E-state index in [2.05, 4.69) is 0 Å². The summed E-state index contributed by atoms with van der Waals surface area (Å²) >= 11 is 1.25. The van der Waals surface area contributed by atoms with Gasteiger partial charge in [0.2, 0.25) is 0 Å². The van der Waals surface area contributed by atoms with Gasteiger partial charge >= 0.3 is 29.8 Å². The molecular weight excluding hydrogens is 853 g/mol. The van der Waals surface area contributed by atoms with E-state index in [0.29, 0.717) is 0 Å². The van der Waals surface area contributed by atoms with Gasteiger partial charge in [0.05, 0.1) is 34.4 Å². The molecule has 0 saturated carbocycles. The van der Waals surface area contributed by atoms with Gasteiger partial charge in [0.15, 0.2) is 30.7 Å². The normalized spacial score (nSPS) is 22.3. The van der Waals surface area contributed by atoms with Gasteiger partial charge in [-0.1, -0.05) is 121 Å². The molecule has 0 bridgehead atoms. The van der Waals surface area contributed by atoms with E-state index in [4.69, 9.17) is 37.9 Å². The second kappa shape index (κ2) is 21.5. The first-order chi connectivity index (χ1) is 31.8. The number of hydrogen-bond donors (Lipinski definition) is 0. The number of hydrogen-bond acceptors (Lipinski definition) is 14. The van der Waals surface area contributed by atoms with Crippen LogP contribution in [0.2, 0.25) is 0 Å². The van der Waals surface area contributed by atoms with Crippen molar-refractivity contribution in [2.45, 2.75) is 53.2 Å². The zero-order valence-corrected chi connectivity index (χ0v) is 35.4. The van der Waals surface area contributed by atoms with Gasteiger partial charge in [0.1, 0.15) is 24.3 Å². The van der Waals surface area contributed by atoms with E-state index in [1.807, 2.05) is 30.3 Å². The highest BCUT2D eigenvalue weighted by Gasteiger charge is 2.54. The maximum Gasteiger partial charge on any atom is 0.338 e. The van der Waals surface area contributed by atoms with Crippen LogP contribution < -0.4 is 0 Å². The van der Waals surface area contributed by atoms with E-state index in [9.17, 15) is 24.0 Å². The minimum Gasteiger partial charge on any atom is -0.459 e. The van der Waals surface area contributed by atoms with Crippen molar-refractivity contribution in [3.63, 3.8) is 0 Å². The first kappa shape index (κ1) is 44.5. The Morgan fingerprint density at radius 1 is 0.385 bits per heavy atom. The summed E-state index contributed by atoms with van der Waals surface area (Å²) in [5.74, 6) is -3.62. The summed E-state index contributed by atoms with van der Waals surface area (Å²) in [7, 11) is 0. The SMILES string of the molecule is O=C(OC[C@H]1O[C@H](OC[C@H]2O[C@H](Sc3ccccc3)[C@@H](OC(=O)c3ccccc3)[C@@H]2OC(=O)c2ccccc2)[C@@H](OC(=O)c2ccccc2)[C@@H]1OC(=O)c1ccccc1)c1ccccc1. The zero-order valence-electron chi connectivity index (χ0n) is 34.6. The zero-order chi connectivity index (χ0) is 45.0. The second-order valence-electron chi connectivity index (χ2n) is 14.8. The van der Waals surface area contributed by atoms with Gasteiger partial charge in [-0.3, -0.25) is 0 Å². The highest BCUT2D eigenvalue weighted by atomic mass is 32.2. The van der Waals surface area contributed by atoms with E-state index in [-0.39, 0.29) is 27.8 Å². The Morgan fingerprint density at radius 3 is 1.15 bits per heavy atom. The molecule has 0 aromatic heterocycles. The van der Waals surface area contributed by atoms with Crippen LogP contribution in [0.15, 0.2) is 187 Å². The van der Waals surface area contributed by atoms with Gasteiger partial charge < -0.3 is 37.9 Å². The predicted octanol–water partition coefficient (Wildman–Crippen LogP) is 8.00. The average Bonchev–Trinajstić information content (AvgIpc) is 3.85. The molecule has 6 aromatic rings. The van der Waals surface area contributed by atoms with Crippen molar-refractivity contribution < 1.29 is 61.9 Å². The van der Waals surface area contributed by atoms with E-state index in [1.165, 1.54) is 11.8 Å². The van der Waals surface area contributed by atoms with Crippen molar-refractivity contribution in [2.75, 3.05) is 13.2 Å². The molecule has 0 aliphatic carbocycles. The fourth-order valence-electron chi connectivity index (χ4n) is 7.12. The fraction of sp³-hybridized carbons (Fsp3) is 0.196. The van der Waals surface area contributed by atoms with Gasteiger partial charge in [0, 0.05) is 4.90 Å². The summed E-state index contributed by atoms with van der Waals surface area (Å²) in [6, 6.07) is 50.6. The van der Waals surface area contributed by atoms with Crippen LogP contribution in [0.1, 0.15) is 51.8 Å². The number of carbonyl (C=O) groups excluding carboxylic acids is 5. The molecule has 330 valence electrons. The lowest BCUT2D eigenvalue weighted by molar-refractivity contribution is -0.188. The van der Waals surface area contributed by atoms with Crippen molar-refractivity contribution in [2.24, 2.45) is 0 Å². The molecule has 0 amide bonds. The maximum absolute atomic E-state index is 13.8. The van der Waals surface area contributed by atoms with Crippen molar-refractivity contribution >= 4 is 41.6 Å². The fourth-order valence-corrected chi connectivity index (χ4v) is 8.24. The molecule has 0 spiro atoms. The standard InChI is InChI=1S/C51H42O13S/c52-45(33-19-7-1-8-20-33)57-31-39-41(61-46(53)34-21-9-2-10-22-34)43(63-48(55)36-25-13-4-14-26-36)50(59-39)58-32-40-42(62-47(54)35-23-11-3-12-24-35)44(64-49(56)37-27-15-5-16-28-37)51(60-40)65-38-29-17-6-18-30-38/h1-30,39-44,50-51H,31-32H2/t39-,40-,41-,42-,43+,44+,50+,51-/m1/s1. The van der Waals surface area contributed by atoms with Crippen LogP contribution >= 0.6 is 11.8 Å². The molecule has 6 aromatic carbocycles. The summed E-state index contributed by atoms with van der Waals surface area (Å²) in [5.41, 5.74) is 0.236. The molecule has 2 heterocycles. The smallest absolute Gasteiger partial charge is 0.338 e. The van der Waals surface area contributed by atoms with Crippen molar-refractivity contribution in [1.29, 1.82) is 0 Å². The van der Waals surface area contributed by atoms with Gasteiger partial charge in [-0.15, -0.1) is 0 Å². The summed E-state index contributed by atoms with van der Waals surface area (Å²) in [5, 5.41) is 0. The van der Waals surface area contributed by atoms with Crippen LogP contribution in [0.4, 0.5) is 0 Å². The molecule has 0 unspecified atom stereocenters. The molecule has 14 heteroatoms. The highest BCUT2D eigenvalue weighted by molar-refractivity contribution is 7.99. The Kier molecular flexibility index (Phi) is 14.7. The lowest BCUT2D eigenvalue weighted by atomic mass is 10.1. The van der Waals surface area contributed by atoms with Crippen LogP contribution in [0.3, 0.4) is 0 Å². The highest BCUT2D eigenvalue weighted by Crippen LogP contribution is 2.39. The summed E-state index contributed by atoms with van der Waals surface area (Å²) < 4.78 is 49.4. The van der Waals surface area contributed by atoms with Gasteiger partial charge in [-0.2, -0.15) is 0 Å². The van der Waals surface area contributed by atoms with Crippen molar-refractivity contribution in [1.82, 2.24) is 0 Å². The molecule has 2 saturated heterocycles. The lowest BCUT2D eigenvalue weighted by Gasteiger charge is -2.26. The third kappa shape index (κ3) is 11.4. The Labute approximate surface area is 378 Å². The summed E-state index contributed by atoms with van der Waals surface area (Å²) in [4.78, 5) is 68.9. The average molecular weight is 895 g/mol. The van der Waals surface area contributed by atoms with Gasteiger partial charge in [-0.05, 0) is 72.8 Å². The first-order valence-corrected chi connectivity index (χ1v) is 21.6. The minimum absolute atomic E-state index is 0.189. The van der Waals surface area contributed by atoms with Crippen LogP contribution in [0, 0.1) is 0 Å². The number of carbonyl (C=O) groups is 5. The quantitative estimate of drug-likeness (QED) is 0.0679. The third-order valence-electron chi connectivity index (χ3n) is 10.4. The number of thioether (sulfide) groups is 1. The molecular formula is C51H42O13S. The molecule has 0 radical (unpaired) electrons. The number of esters is 5. The molecule has 13 nitrogen and oxygen atoms in total. The number of ether oxygens (including phenoxy) is 8. The van der Waals surface area contributed by atoms with Crippen LogP contribution in [0.25, 0.3) is 0 Å². The molecule has 2 aliphatic heterocycles. The minimum atomic E-state index is -1.48. The van der Waals surface area contributed by atoms with Crippen LogP contribution in [-0.2, 0) is 37.9 Å². The molecule has 8 rings (SSSR count). The Morgan fingerprint density at radius 2 is 0.723 bits per heavy atom. The molecule has 2 aliphatic rings. The Balaban J connectivity index is 1.11. The number of benzene rings is 6. The lowest BCUT2D eigenvalue weighted by Crippen LogP contribution is -2.44. The summed E-state index contributed by atoms with van der Waals surface area (Å²) in [6.45, 7) is -0.831. The largest absolute Gasteiger partial charge is 0.459 e. The predicted molar refractivity (Wildman–Crippen MR) is 235 cm³/mol. The van der Waals surface area contributed by atoms with E-state index >= 15 is 0 Å². The first-order valence-electron chi connectivity index (χ1n) is 20.7. The molecule has 0 N–H and O–H groups in total. The molecule has 8 atom stereocenters. The van der Waals surface area contributed by atoms with Crippen molar-refractivity contribution in [3.05, 3.63) is 210 Å². The summed E-state index contributed by atoms with van der Waals surface area (Å²) in [6.07, 6.45) is -9.05. The van der Waals surface area contributed by atoms with E-state index in [0.717, 1.165) is 4.90 Å². The van der Waals surface area contributed by atoms with E-state index < -0.39 is 91.4 Å². The topological polar surface area (TPSA) is 159 Å². The molecule has 65 heavy (non-hydrogen) atoms. The molecule has 2 fully saturated rings. The van der Waals surface area contributed by atoms with Crippen LogP contribution in [-0.4, -0.2) is 91.4 Å². The van der Waals surface area contributed by atoms with Gasteiger partial charge in [-0.25, -0.2) is 24.0 Å². The van der Waals surface area contributed by atoms with Crippen LogP contribution in [0.5, 0.6) is 0 Å². The number of rotatable bonds is 16. The third-order valence-corrected chi connectivity index (χ3v) is 11.5. The monoisotopic (exact) mass is 894 g/mol. The second-order valence-corrected chi connectivity index (χ2v) is 15.9. The van der Waals surface area contributed by atoms with Gasteiger partial charge in [0.25, 0.3) is 0 Å². The maximum atomic E-state index is 13.8. The Bertz CT molecular complexity index is 2510. The van der Waals surface area contributed by atoms with Crippen molar-refractivity contribution in [3.8, 4) is 0 Å². The van der Waals surface area contributed by atoms with E-state index in [1.54, 1.807) is 152 Å².